The predicted octanol–water partition coefficient (Wildman–Crippen LogP) is 1.81. The summed E-state index contributed by atoms with van der Waals surface area (Å²) < 4.78 is 5.00. The smallest absolute Gasteiger partial charge is 0.338 e. The molecule has 0 aromatic heterocycles. The van der Waals surface area contributed by atoms with Gasteiger partial charge in [0.25, 0.3) is 0 Å². The molecule has 1 aliphatic rings. The lowest BCUT2D eigenvalue weighted by Crippen LogP contribution is -2.22. The Bertz CT molecular complexity index is 383. The summed E-state index contributed by atoms with van der Waals surface area (Å²) in [6.45, 7) is 2.20. The number of hydrogen-bond acceptors (Lipinski definition) is 3. The monoisotopic (exact) mass is 205 g/mol. The molecule has 1 aliphatic carbocycles. The number of nitrogens with two attached hydrogens (primary N) is 1. The van der Waals surface area contributed by atoms with Crippen LogP contribution in [0.4, 0.5) is 0 Å². The van der Waals surface area contributed by atoms with E-state index in [1.165, 1.54) is 0 Å². The zero-order chi connectivity index (χ0) is 10.9. The first-order chi connectivity index (χ1) is 7.17. The molecule has 0 spiro atoms. The van der Waals surface area contributed by atoms with E-state index in [1.54, 1.807) is 13.0 Å². The van der Waals surface area contributed by atoms with E-state index in [2.05, 4.69) is 0 Å². The van der Waals surface area contributed by atoms with Gasteiger partial charge in [-0.3, -0.25) is 0 Å². The van der Waals surface area contributed by atoms with Crippen molar-refractivity contribution in [1.29, 1.82) is 0 Å². The van der Waals surface area contributed by atoms with E-state index in [0.717, 1.165) is 18.4 Å². The zero-order valence-corrected chi connectivity index (χ0v) is 8.82. The number of ether oxygens (including phenoxy) is 1. The van der Waals surface area contributed by atoms with Crippen molar-refractivity contribution < 1.29 is 9.53 Å². The number of carbonyl (C=O) groups excluding carboxylic acids is 1. The lowest BCUT2D eigenvalue weighted by atomic mass is 9.99. The number of esters is 1. The molecule has 0 unspecified atom stereocenters. The van der Waals surface area contributed by atoms with Crippen LogP contribution in [0.25, 0.3) is 0 Å². The number of hydrogen-bond donors (Lipinski definition) is 1. The van der Waals surface area contributed by atoms with E-state index >= 15 is 0 Å². The van der Waals surface area contributed by atoms with Gasteiger partial charge in [-0.2, -0.15) is 0 Å². The molecule has 0 radical (unpaired) electrons. The van der Waals surface area contributed by atoms with Crippen molar-refractivity contribution in [3.63, 3.8) is 0 Å². The van der Waals surface area contributed by atoms with Crippen LogP contribution >= 0.6 is 0 Å². The molecule has 2 rings (SSSR count). The lowest BCUT2D eigenvalue weighted by Gasteiger charge is -2.13. The van der Waals surface area contributed by atoms with Crippen molar-refractivity contribution in [2.45, 2.75) is 25.3 Å². The van der Waals surface area contributed by atoms with Crippen molar-refractivity contribution in [2.75, 3.05) is 6.61 Å². The van der Waals surface area contributed by atoms with Crippen LogP contribution in [0.3, 0.4) is 0 Å². The Hall–Kier alpha value is -1.35. The lowest BCUT2D eigenvalue weighted by molar-refractivity contribution is 0.0524. The highest BCUT2D eigenvalue weighted by atomic mass is 16.5. The maximum absolute atomic E-state index is 11.7. The Kier molecular flexibility index (Phi) is 2.49. The predicted molar refractivity (Wildman–Crippen MR) is 57.5 cm³/mol. The molecule has 80 valence electrons. The van der Waals surface area contributed by atoms with Gasteiger partial charge in [-0.15, -0.1) is 0 Å². The highest BCUT2D eigenvalue weighted by Crippen LogP contribution is 2.44. The third-order valence-corrected chi connectivity index (χ3v) is 2.75. The summed E-state index contributed by atoms with van der Waals surface area (Å²) in [5.41, 5.74) is 7.34. The summed E-state index contributed by atoms with van der Waals surface area (Å²) in [6, 6.07) is 7.44. The molecule has 3 heteroatoms. The summed E-state index contributed by atoms with van der Waals surface area (Å²) in [5, 5.41) is 0. The molecule has 0 saturated heterocycles. The van der Waals surface area contributed by atoms with E-state index < -0.39 is 0 Å². The third-order valence-electron chi connectivity index (χ3n) is 2.75. The molecule has 2 N–H and O–H groups in total. The van der Waals surface area contributed by atoms with Gasteiger partial charge >= 0.3 is 5.97 Å². The van der Waals surface area contributed by atoms with Gasteiger partial charge in [0.2, 0.25) is 0 Å². The van der Waals surface area contributed by atoms with Crippen molar-refractivity contribution in [1.82, 2.24) is 0 Å². The number of benzene rings is 1. The Morgan fingerprint density at radius 1 is 1.47 bits per heavy atom. The van der Waals surface area contributed by atoms with Gasteiger partial charge < -0.3 is 10.5 Å². The largest absolute Gasteiger partial charge is 0.462 e. The fourth-order valence-electron chi connectivity index (χ4n) is 1.71. The molecule has 1 saturated carbocycles. The molecule has 0 bridgehead atoms. The molecule has 1 aromatic rings. The summed E-state index contributed by atoms with van der Waals surface area (Å²) in [5.74, 6) is -0.273. The average Bonchev–Trinajstić information content (AvgIpc) is 2.98. The minimum atomic E-state index is -0.288. The Balaban J connectivity index is 2.34. The first-order valence-corrected chi connectivity index (χ1v) is 5.23. The molecule has 0 atom stereocenters. The standard InChI is InChI=1S/C12H15NO2/c1-2-15-11(14)9-5-3-4-6-10(9)12(13)7-8-12/h3-6H,2,7-8,13H2,1H3. The molecule has 1 fully saturated rings. The third kappa shape index (κ3) is 1.88. The second-order valence-electron chi connectivity index (χ2n) is 3.92. The Morgan fingerprint density at radius 3 is 2.73 bits per heavy atom. The molecular weight excluding hydrogens is 190 g/mol. The first-order valence-electron chi connectivity index (χ1n) is 5.23. The molecule has 1 aromatic carbocycles. The molecule has 3 nitrogen and oxygen atoms in total. The van der Waals surface area contributed by atoms with Crippen LogP contribution in [0.5, 0.6) is 0 Å². The van der Waals surface area contributed by atoms with Crippen LogP contribution in [0.15, 0.2) is 24.3 Å². The van der Waals surface area contributed by atoms with E-state index in [0.29, 0.717) is 12.2 Å². The normalized spacial score (nSPS) is 17.2. The zero-order valence-electron chi connectivity index (χ0n) is 8.82. The number of carbonyl (C=O) groups is 1. The van der Waals surface area contributed by atoms with E-state index in [4.69, 9.17) is 10.5 Å². The summed E-state index contributed by atoms with van der Waals surface area (Å²) >= 11 is 0. The van der Waals surface area contributed by atoms with Gasteiger partial charge in [0.15, 0.2) is 0 Å². The molecule has 0 amide bonds. The topological polar surface area (TPSA) is 52.3 Å². The maximum atomic E-state index is 11.7. The molecule has 0 aliphatic heterocycles. The van der Waals surface area contributed by atoms with Crippen molar-refractivity contribution in [3.8, 4) is 0 Å². The maximum Gasteiger partial charge on any atom is 0.338 e. The molecule has 15 heavy (non-hydrogen) atoms. The van der Waals surface area contributed by atoms with Crippen molar-refractivity contribution >= 4 is 5.97 Å². The minimum Gasteiger partial charge on any atom is -0.462 e. The van der Waals surface area contributed by atoms with Crippen LogP contribution in [0, 0.1) is 0 Å². The minimum absolute atomic E-state index is 0.273. The van der Waals surface area contributed by atoms with E-state index in [1.807, 2.05) is 18.2 Å². The highest BCUT2D eigenvalue weighted by molar-refractivity contribution is 5.91. The van der Waals surface area contributed by atoms with Gasteiger partial charge in [-0.25, -0.2) is 4.79 Å². The van der Waals surface area contributed by atoms with Gasteiger partial charge in [0.1, 0.15) is 0 Å². The highest BCUT2D eigenvalue weighted by Gasteiger charge is 2.42. The van der Waals surface area contributed by atoms with E-state index in [-0.39, 0.29) is 11.5 Å². The summed E-state index contributed by atoms with van der Waals surface area (Å²) in [7, 11) is 0. The van der Waals surface area contributed by atoms with Gasteiger partial charge in [-0.05, 0) is 31.4 Å². The summed E-state index contributed by atoms with van der Waals surface area (Å²) in [6.07, 6.45) is 1.90. The van der Waals surface area contributed by atoms with Crippen LogP contribution in [0.1, 0.15) is 35.7 Å². The summed E-state index contributed by atoms with van der Waals surface area (Å²) in [4.78, 5) is 11.7. The SMILES string of the molecule is CCOC(=O)c1ccccc1C1(N)CC1. The molecular formula is C12H15NO2. The van der Waals surface area contributed by atoms with Crippen LogP contribution < -0.4 is 5.73 Å². The number of rotatable bonds is 3. The fraction of sp³-hybridized carbons (Fsp3) is 0.417. The average molecular weight is 205 g/mol. The van der Waals surface area contributed by atoms with Gasteiger partial charge in [-0.1, -0.05) is 18.2 Å². The Labute approximate surface area is 89.2 Å². The van der Waals surface area contributed by atoms with Crippen LogP contribution in [0.2, 0.25) is 0 Å². The van der Waals surface area contributed by atoms with Gasteiger partial charge in [0, 0.05) is 5.54 Å². The van der Waals surface area contributed by atoms with Gasteiger partial charge in [0.05, 0.1) is 12.2 Å². The first kappa shape index (κ1) is 10.2. The second-order valence-corrected chi connectivity index (χ2v) is 3.92. The van der Waals surface area contributed by atoms with Crippen molar-refractivity contribution in [3.05, 3.63) is 35.4 Å². The van der Waals surface area contributed by atoms with Crippen molar-refractivity contribution in [2.24, 2.45) is 5.73 Å². The second kappa shape index (κ2) is 3.66. The van der Waals surface area contributed by atoms with E-state index in [9.17, 15) is 4.79 Å². The van der Waals surface area contributed by atoms with Crippen LogP contribution in [-0.4, -0.2) is 12.6 Å². The Morgan fingerprint density at radius 2 is 2.13 bits per heavy atom. The molecule has 0 heterocycles. The van der Waals surface area contributed by atoms with Crippen LogP contribution in [-0.2, 0) is 10.3 Å². The quantitative estimate of drug-likeness (QED) is 0.766. The fourth-order valence-corrected chi connectivity index (χ4v) is 1.71.